The van der Waals surface area contributed by atoms with E-state index in [2.05, 4.69) is 59.0 Å². The van der Waals surface area contributed by atoms with E-state index >= 15 is 0 Å². The van der Waals surface area contributed by atoms with Crippen LogP contribution in [0.3, 0.4) is 0 Å². The zero-order valence-electron chi connectivity index (χ0n) is 13.1. The van der Waals surface area contributed by atoms with E-state index in [0.29, 0.717) is 6.04 Å². The molecule has 1 saturated heterocycles. The van der Waals surface area contributed by atoms with Gasteiger partial charge in [-0.15, -0.1) is 0 Å². The van der Waals surface area contributed by atoms with E-state index in [0.717, 1.165) is 45.0 Å². The van der Waals surface area contributed by atoms with Gasteiger partial charge in [-0.2, -0.15) is 0 Å². The van der Waals surface area contributed by atoms with Gasteiger partial charge in [-0.1, -0.05) is 30.3 Å². The smallest absolute Gasteiger partial charge is 0.192 e. The SMILES string of the molecule is CC(C)N1CCC2(CC1)CN=C(N)N2Cc1ccccc1. The van der Waals surface area contributed by atoms with Gasteiger partial charge in [-0.25, -0.2) is 0 Å². The van der Waals surface area contributed by atoms with Crippen molar-refractivity contribution in [2.75, 3.05) is 19.6 Å². The Morgan fingerprint density at radius 1 is 1.19 bits per heavy atom. The summed E-state index contributed by atoms with van der Waals surface area (Å²) in [5.74, 6) is 0.719. The molecule has 0 atom stereocenters. The van der Waals surface area contributed by atoms with Crippen LogP contribution in [0.4, 0.5) is 0 Å². The molecule has 0 aliphatic carbocycles. The maximum absolute atomic E-state index is 6.19. The number of piperidine rings is 1. The fraction of sp³-hybridized carbons (Fsp3) is 0.588. The summed E-state index contributed by atoms with van der Waals surface area (Å²) >= 11 is 0. The van der Waals surface area contributed by atoms with Crippen LogP contribution in [0, 0.1) is 0 Å². The summed E-state index contributed by atoms with van der Waals surface area (Å²) in [5.41, 5.74) is 7.64. The molecule has 1 fully saturated rings. The molecule has 2 N–H and O–H groups in total. The number of aliphatic imine (C=N–C) groups is 1. The van der Waals surface area contributed by atoms with Crippen molar-refractivity contribution in [2.45, 2.75) is 44.8 Å². The highest BCUT2D eigenvalue weighted by Gasteiger charge is 2.44. The molecule has 0 aromatic heterocycles. The average Bonchev–Trinajstić information content (AvgIpc) is 2.78. The van der Waals surface area contributed by atoms with Gasteiger partial charge < -0.3 is 15.5 Å². The van der Waals surface area contributed by atoms with E-state index in [9.17, 15) is 0 Å². The third kappa shape index (κ3) is 2.77. The van der Waals surface area contributed by atoms with E-state index in [1.165, 1.54) is 5.56 Å². The van der Waals surface area contributed by atoms with Gasteiger partial charge in [-0.3, -0.25) is 4.99 Å². The first-order chi connectivity index (χ1) is 10.1. The Kier molecular flexibility index (Phi) is 3.89. The minimum absolute atomic E-state index is 0.144. The van der Waals surface area contributed by atoms with Crippen LogP contribution in [0.25, 0.3) is 0 Å². The number of likely N-dealkylation sites (tertiary alicyclic amines) is 1. The highest BCUT2D eigenvalue weighted by Crippen LogP contribution is 2.34. The lowest BCUT2D eigenvalue weighted by Gasteiger charge is -2.46. The number of rotatable bonds is 3. The Hall–Kier alpha value is -1.55. The van der Waals surface area contributed by atoms with Crippen molar-refractivity contribution in [3.8, 4) is 0 Å². The third-order valence-electron chi connectivity index (χ3n) is 5.03. The Morgan fingerprint density at radius 3 is 2.48 bits per heavy atom. The summed E-state index contributed by atoms with van der Waals surface area (Å²) in [4.78, 5) is 9.47. The molecular formula is C17H26N4. The summed E-state index contributed by atoms with van der Waals surface area (Å²) in [7, 11) is 0. The van der Waals surface area contributed by atoms with E-state index in [1.54, 1.807) is 0 Å². The zero-order valence-corrected chi connectivity index (χ0v) is 13.1. The predicted octanol–water partition coefficient (Wildman–Crippen LogP) is 2.06. The van der Waals surface area contributed by atoms with Gasteiger partial charge >= 0.3 is 0 Å². The fourth-order valence-corrected chi connectivity index (χ4v) is 3.54. The third-order valence-corrected chi connectivity index (χ3v) is 5.03. The lowest BCUT2D eigenvalue weighted by Crippen LogP contribution is -2.57. The van der Waals surface area contributed by atoms with Gasteiger partial charge in [0, 0.05) is 25.7 Å². The van der Waals surface area contributed by atoms with Crippen LogP contribution in [0.15, 0.2) is 35.3 Å². The monoisotopic (exact) mass is 286 g/mol. The lowest BCUT2D eigenvalue weighted by molar-refractivity contribution is 0.0665. The van der Waals surface area contributed by atoms with Crippen molar-refractivity contribution >= 4 is 5.96 Å². The number of guanidine groups is 1. The van der Waals surface area contributed by atoms with Crippen molar-refractivity contribution in [1.29, 1.82) is 0 Å². The van der Waals surface area contributed by atoms with Crippen molar-refractivity contribution in [2.24, 2.45) is 10.7 Å². The first-order valence-corrected chi connectivity index (χ1v) is 7.96. The van der Waals surface area contributed by atoms with Gasteiger partial charge in [0.25, 0.3) is 0 Å². The van der Waals surface area contributed by atoms with Crippen molar-refractivity contribution < 1.29 is 0 Å². The van der Waals surface area contributed by atoms with Crippen LogP contribution < -0.4 is 5.73 Å². The van der Waals surface area contributed by atoms with Gasteiger partial charge in [0.1, 0.15) is 0 Å². The molecule has 0 radical (unpaired) electrons. The highest BCUT2D eigenvalue weighted by molar-refractivity contribution is 5.81. The van der Waals surface area contributed by atoms with Gasteiger partial charge in [0.2, 0.25) is 0 Å². The first kappa shape index (κ1) is 14.4. The van der Waals surface area contributed by atoms with Crippen LogP contribution in [-0.2, 0) is 6.54 Å². The van der Waals surface area contributed by atoms with Crippen LogP contribution in [0.1, 0.15) is 32.3 Å². The standard InChI is InChI=1S/C17H26N4/c1-14(2)20-10-8-17(9-11-20)13-19-16(18)21(17)12-15-6-4-3-5-7-15/h3-7,14H,8-13H2,1-2H3,(H2,18,19). The fourth-order valence-electron chi connectivity index (χ4n) is 3.54. The Labute approximate surface area is 127 Å². The van der Waals surface area contributed by atoms with Crippen LogP contribution in [0.2, 0.25) is 0 Å². The molecule has 1 spiro atoms. The number of nitrogens with zero attached hydrogens (tertiary/aromatic N) is 3. The number of hydrogen-bond donors (Lipinski definition) is 1. The molecule has 114 valence electrons. The van der Waals surface area contributed by atoms with Gasteiger partial charge in [0.15, 0.2) is 5.96 Å². The normalized spacial score (nSPS) is 22.0. The zero-order chi connectivity index (χ0) is 14.9. The van der Waals surface area contributed by atoms with E-state index < -0.39 is 0 Å². The average molecular weight is 286 g/mol. The molecule has 4 heteroatoms. The number of nitrogens with two attached hydrogens (primary N) is 1. The highest BCUT2D eigenvalue weighted by atomic mass is 15.4. The molecule has 2 heterocycles. The maximum atomic E-state index is 6.19. The van der Waals surface area contributed by atoms with Crippen molar-refractivity contribution in [3.05, 3.63) is 35.9 Å². The van der Waals surface area contributed by atoms with Crippen LogP contribution >= 0.6 is 0 Å². The number of benzene rings is 1. The summed E-state index contributed by atoms with van der Waals surface area (Å²) in [5, 5.41) is 0. The minimum atomic E-state index is 0.144. The van der Waals surface area contributed by atoms with Crippen molar-refractivity contribution in [3.63, 3.8) is 0 Å². The Balaban J connectivity index is 1.74. The molecule has 0 bridgehead atoms. The summed E-state index contributed by atoms with van der Waals surface area (Å²) < 4.78 is 0. The molecule has 0 saturated carbocycles. The molecule has 1 aromatic rings. The van der Waals surface area contributed by atoms with E-state index in [1.807, 2.05) is 0 Å². The second-order valence-corrected chi connectivity index (χ2v) is 6.60. The molecule has 2 aliphatic heterocycles. The topological polar surface area (TPSA) is 44.9 Å². The minimum Gasteiger partial charge on any atom is -0.370 e. The van der Waals surface area contributed by atoms with Crippen LogP contribution in [-0.4, -0.2) is 47.0 Å². The summed E-state index contributed by atoms with van der Waals surface area (Å²) in [6, 6.07) is 11.2. The summed E-state index contributed by atoms with van der Waals surface area (Å²) in [6.45, 7) is 8.57. The van der Waals surface area contributed by atoms with Gasteiger partial charge in [-0.05, 0) is 32.3 Å². The molecule has 2 aliphatic rings. The molecule has 21 heavy (non-hydrogen) atoms. The Bertz CT molecular complexity index is 501. The molecule has 4 nitrogen and oxygen atoms in total. The van der Waals surface area contributed by atoms with Gasteiger partial charge in [0.05, 0.1) is 12.1 Å². The van der Waals surface area contributed by atoms with E-state index in [4.69, 9.17) is 5.73 Å². The molecule has 1 aromatic carbocycles. The molecule has 3 rings (SSSR count). The largest absolute Gasteiger partial charge is 0.370 e. The quantitative estimate of drug-likeness (QED) is 0.925. The Morgan fingerprint density at radius 2 is 1.86 bits per heavy atom. The second-order valence-electron chi connectivity index (χ2n) is 6.60. The summed E-state index contributed by atoms with van der Waals surface area (Å²) in [6.07, 6.45) is 2.31. The maximum Gasteiger partial charge on any atom is 0.192 e. The molecular weight excluding hydrogens is 260 g/mol. The van der Waals surface area contributed by atoms with Crippen molar-refractivity contribution in [1.82, 2.24) is 9.80 Å². The molecule has 0 amide bonds. The number of hydrogen-bond acceptors (Lipinski definition) is 4. The lowest BCUT2D eigenvalue weighted by atomic mass is 9.85. The predicted molar refractivity (Wildman–Crippen MR) is 87.1 cm³/mol. The molecule has 0 unspecified atom stereocenters. The van der Waals surface area contributed by atoms with Crippen LogP contribution in [0.5, 0.6) is 0 Å². The second kappa shape index (κ2) is 5.68. The first-order valence-electron chi connectivity index (χ1n) is 7.96. The van der Waals surface area contributed by atoms with E-state index in [-0.39, 0.29) is 5.54 Å².